The summed E-state index contributed by atoms with van der Waals surface area (Å²) in [4.78, 5) is 27.8. The second-order valence-electron chi connectivity index (χ2n) is 9.24. The van der Waals surface area contributed by atoms with Crippen LogP contribution in [0.1, 0.15) is 76.3 Å². The number of hydrogen-bond acceptors (Lipinski definition) is 9. The number of ether oxygens (including phenoxy) is 4. The summed E-state index contributed by atoms with van der Waals surface area (Å²) in [5.41, 5.74) is 2.23. The van der Waals surface area contributed by atoms with Crippen LogP contribution >= 0.6 is 11.6 Å². The van der Waals surface area contributed by atoms with Gasteiger partial charge in [0.15, 0.2) is 5.79 Å². The van der Waals surface area contributed by atoms with E-state index in [1.54, 1.807) is 12.4 Å². The zero-order valence-corrected chi connectivity index (χ0v) is 22.9. The molecule has 5 rings (SSSR count). The first-order valence-corrected chi connectivity index (χ1v) is 14.0. The molecule has 2 aliphatic carbocycles. The Labute approximate surface area is 224 Å². The predicted octanol–water partition coefficient (Wildman–Crippen LogP) is 4.89. The molecule has 2 saturated carbocycles. The van der Waals surface area contributed by atoms with Crippen molar-refractivity contribution in [2.45, 2.75) is 96.1 Å². The smallest absolute Gasteiger partial charge is 0.316 e. The molecule has 0 bridgehead atoms. The number of alkyl halides is 1. The van der Waals surface area contributed by atoms with Crippen molar-refractivity contribution < 1.29 is 23.7 Å². The lowest BCUT2D eigenvalue weighted by Gasteiger charge is -2.34. The number of carbonyl (C=O) groups is 1. The second-order valence-corrected chi connectivity index (χ2v) is 9.24. The molecule has 0 N–H and O–H groups in total. The molecule has 3 heterocycles. The topological polar surface area (TPSA) is 106 Å². The van der Waals surface area contributed by atoms with Crippen molar-refractivity contribution >= 4 is 17.4 Å². The van der Waals surface area contributed by atoms with Gasteiger partial charge in [0.25, 0.3) is 0 Å². The second kappa shape index (κ2) is 15.1. The zero-order chi connectivity index (χ0) is 26.5. The summed E-state index contributed by atoms with van der Waals surface area (Å²) >= 11 is 4.64. The molecule has 0 aromatic carbocycles. The van der Waals surface area contributed by atoms with E-state index in [9.17, 15) is 4.79 Å². The van der Waals surface area contributed by atoms with Crippen molar-refractivity contribution in [2.75, 3.05) is 19.6 Å². The fraction of sp³-hybridized carbons (Fsp3) is 0.667. The highest BCUT2D eigenvalue weighted by molar-refractivity contribution is 6.15. The van der Waals surface area contributed by atoms with Gasteiger partial charge in [0, 0.05) is 56.9 Å². The third-order valence-corrected chi connectivity index (χ3v) is 6.72. The van der Waals surface area contributed by atoms with Gasteiger partial charge in [-0.15, -0.1) is 11.6 Å². The highest BCUT2D eigenvalue weighted by atomic mass is 35.5. The van der Waals surface area contributed by atoms with Gasteiger partial charge >= 0.3 is 12.0 Å². The summed E-state index contributed by atoms with van der Waals surface area (Å²) < 4.78 is 22.9. The molecule has 1 spiro atoms. The average molecular weight is 535 g/mol. The Balaban J connectivity index is 0.000000195. The lowest BCUT2D eigenvalue weighted by atomic mass is 9.92. The summed E-state index contributed by atoms with van der Waals surface area (Å²) in [5.74, 6) is 0.00868. The molecule has 204 valence electrons. The van der Waals surface area contributed by atoms with Gasteiger partial charge in [-0.25, -0.2) is 19.9 Å². The molecule has 3 fully saturated rings. The summed E-state index contributed by atoms with van der Waals surface area (Å²) in [6.07, 6.45) is 17.3. The van der Waals surface area contributed by atoms with Crippen molar-refractivity contribution in [1.29, 1.82) is 0 Å². The van der Waals surface area contributed by atoms with Gasteiger partial charge in [-0.1, -0.05) is 13.8 Å². The molecule has 37 heavy (non-hydrogen) atoms. The molecule has 0 unspecified atom stereocenters. The monoisotopic (exact) mass is 534 g/mol. The molecule has 0 atom stereocenters. The van der Waals surface area contributed by atoms with Crippen LogP contribution < -0.4 is 9.47 Å². The van der Waals surface area contributed by atoms with Gasteiger partial charge in [0.2, 0.25) is 0 Å². The summed E-state index contributed by atoms with van der Waals surface area (Å²) in [7, 11) is 0. The first kappa shape index (κ1) is 29.2. The Kier molecular flexibility index (Phi) is 12.0. The van der Waals surface area contributed by atoms with E-state index in [1.807, 2.05) is 12.4 Å². The number of rotatable bonds is 6. The Morgan fingerprint density at radius 1 is 0.784 bits per heavy atom. The molecular formula is C27H39ClN4O5. The molecule has 3 aliphatic rings. The number of ketones is 1. The first-order chi connectivity index (χ1) is 18.1. The largest absolute Gasteiger partial charge is 0.460 e. The average Bonchev–Trinajstić information content (AvgIpc) is 3.42. The predicted molar refractivity (Wildman–Crippen MR) is 140 cm³/mol. The fourth-order valence-electron chi connectivity index (χ4n) is 4.44. The van der Waals surface area contributed by atoms with Crippen molar-refractivity contribution in [3.63, 3.8) is 0 Å². The van der Waals surface area contributed by atoms with Crippen molar-refractivity contribution in [2.24, 2.45) is 0 Å². The quantitative estimate of drug-likeness (QED) is 0.479. The van der Waals surface area contributed by atoms with Crippen LogP contribution in [0.2, 0.25) is 0 Å². The normalized spacial score (nSPS) is 19.4. The molecule has 2 aromatic heterocycles. The molecule has 1 saturated heterocycles. The molecule has 0 radical (unpaired) electrons. The van der Waals surface area contributed by atoms with Gasteiger partial charge in [0.05, 0.1) is 13.2 Å². The maximum absolute atomic E-state index is 11.1. The lowest BCUT2D eigenvalue weighted by molar-refractivity contribution is -0.186. The van der Waals surface area contributed by atoms with Crippen LogP contribution in [0, 0.1) is 0 Å². The van der Waals surface area contributed by atoms with Crippen LogP contribution in [0.5, 0.6) is 12.0 Å². The summed E-state index contributed by atoms with van der Waals surface area (Å²) in [5, 5.41) is 0. The van der Waals surface area contributed by atoms with Gasteiger partial charge in [-0.05, 0) is 49.7 Å². The Morgan fingerprint density at radius 2 is 1.19 bits per heavy atom. The third-order valence-electron chi connectivity index (χ3n) is 6.72. The Bertz CT molecular complexity index is 919. The maximum atomic E-state index is 11.1. The summed E-state index contributed by atoms with van der Waals surface area (Å²) in [6, 6.07) is 0.906. The molecular weight excluding hydrogens is 496 g/mol. The molecule has 1 aliphatic heterocycles. The summed E-state index contributed by atoms with van der Waals surface area (Å²) in [6.45, 7) is 5.58. The number of aryl methyl sites for hydroxylation is 2. The minimum atomic E-state index is -0.327. The van der Waals surface area contributed by atoms with Crippen molar-refractivity contribution in [3.8, 4) is 12.0 Å². The number of aromatic nitrogens is 4. The Morgan fingerprint density at radius 3 is 1.59 bits per heavy atom. The minimum absolute atomic E-state index is 0.102. The number of halogens is 1. The standard InChI is InChI=1S/C14H20N2O3.C12H16N2O2.CH3Cl/c1-2-11-9-15-13(16-10-11)19-12-3-5-14(6-4-12)17-7-8-18-14;1-2-9-7-13-12(14-8-9)16-11-5-3-10(15)4-6-11;1-2/h9-10,12H,2-8H2,1H3;7-8,11H,2-6H2,1H3;1H3. The van der Waals surface area contributed by atoms with E-state index in [1.165, 1.54) is 6.38 Å². The number of hydrogen-bond donors (Lipinski definition) is 0. The number of nitrogens with zero attached hydrogens (tertiary/aromatic N) is 4. The van der Waals surface area contributed by atoms with E-state index >= 15 is 0 Å². The van der Waals surface area contributed by atoms with E-state index in [0.717, 1.165) is 62.5 Å². The van der Waals surface area contributed by atoms with E-state index in [4.69, 9.17) is 18.9 Å². The van der Waals surface area contributed by atoms with E-state index in [0.29, 0.717) is 43.9 Å². The van der Waals surface area contributed by atoms with Crippen LogP contribution in [-0.4, -0.2) is 63.3 Å². The third kappa shape index (κ3) is 9.16. The molecule has 2 aromatic rings. The van der Waals surface area contributed by atoms with E-state index < -0.39 is 0 Å². The van der Waals surface area contributed by atoms with Gasteiger partial charge in [-0.3, -0.25) is 4.79 Å². The first-order valence-electron chi connectivity index (χ1n) is 13.2. The zero-order valence-electron chi connectivity index (χ0n) is 22.2. The van der Waals surface area contributed by atoms with E-state index in [2.05, 4.69) is 45.4 Å². The van der Waals surface area contributed by atoms with Crippen LogP contribution in [-0.2, 0) is 27.1 Å². The highest BCUT2D eigenvalue weighted by Crippen LogP contribution is 2.36. The SMILES string of the molecule is CCc1cnc(OC2CCC(=O)CC2)nc1.CCc1cnc(OC2CCC3(CC2)OCCO3)nc1.CCl. The van der Waals surface area contributed by atoms with Crippen molar-refractivity contribution in [1.82, 2.24) is 19.9 Å². The van der Waals surface area contributed by atoms with E-state index in [-0.39, 0.29) is 18.0 Å². The fourth-order valence-corrected chi connectivity index (χ4v) is 4.44. The minimum Gasteiger partial charge on any atom is -0.460 e. The number of Topliss-reactive ketones (excluding diaryl/α,β-unsaturated/α-hetero) is 1. The van der Waals surface area contributed by atoms with Crippen LogP contribution in [0.15, 0.2) is 24.8 Å². The number of carbonyl (C=O) groups excluding carboxylic acids is 1. The lowest BCUT2D eigenvalue weighted by Crippen LogP contribution is -2.38. The highest BCUT2D eigenvalue weighted by Gasteiger charge is 2.41. The van der Waals surface area contributed by atoms with Crippen LogP contribution in [0.4, 0.5) is 0 Å². The van der Waals surface area contributed by atoms with Gasteiger partial charge in [-0.2, -0.15) is 0 Å². The van der Waals surface area contributed by atoms with Crippen LogP contribution in [0.3, 0.4) is 0 Å². The maximum Gasteiger partial charge on any atom is 0.316 e. The molecule has 10 heteroatoms. The van der Waals surface area contributed by atoms with Gasteiger partial charge < -0.3 is 18.9 Å². The Hall–Kier alpha value is -2.36. The molecule has 9 nitrogen and oxygen atoms in total. The van der Waals surface area contributed by atoms with Crippen LogP contribution in [0.25, 0.3) is 0 Å². The molecule has 0 amide bonds. The van der Waals surface area contributed by atoms with Crippen molar-refractivity contribution in [3.05, 3.63) is 35.9 Å². The van der Waals surface area contributed by atoms with Gasteiger partial charge in [0.1, 0.15) is 18.0 Å².